The summed E-state index contributed by atoms with van der Waals surface area (Å²) in [4.78, 5) is 26.9. The van der Waals surface area contributed by atoms with E-state index < -0.39 is 11.8 Å². The summed E-state index contributed by atoms with van der Waals surface area (Å²) in [6.07, 6.45) is 1.77. The Balaban J connectivity index is 2.20. The second-order valence-corrected chi connectivity index (χ2v) is 4.34. The molecule has 1 aliphatic heterocycles. The van der Waals surface area contributed by atoms with Crippen molar-refractivity contribution in [1.82, 2.24) is 5.32 Å². The molecule has 16 heavy (non-hydrogen) atoms. The second-order valence-electron chi connectivity index (χ2n) is 3.39. The fourth-order valence-corrected chi connectivity index (χ4v) is 2.32. The summed E-state index contributed by atoms with van der Waals surface area (Å²) in [7, 11) is 0. The Morgan fingerprint density at radius 3 is 3.06 bits per heavy atom. The molecule has 0 saturated heterocycles. The Morgan fingerprint density at radius 2 is 2.44 bits per heavy atom. The summed E-state index contributed by atoms with van der Waals surface area (Å²) in [6, 6.07) is 2.85. The van der Waals surface area contributed by atoms with E-state index in [1.165, 1.54) is 17.7 Å². The first-order valence-corrected chi connectivity index (χ1v) is 5.61. The molecule has 2 rings (SSSR count). The van der Waals surface area contributed by atoms with Crippen LogP contribution in [0.25, 0.3) is 5.57 Å². The molecule has 0 aliphatic carbocycles. The molecule has 1 aliphatic rings. The molecule has 1 N–H and O–H groups in total. The van der Waals surface area contributed by atoms with Gasteiger partial charge in [0.2, 0.25) is 5.78 Å². The zero-order valence-corrected chi connectivity index (χ0v) is 9.24. The molecule has 0 radical (unpaired) electrons. The quantitative estimate of drug-likeness (QED) is 0.622. The standard InChI is InChI=1S/C11H10N2O2S/c1-7(9-3-2-4-16-9)10-11(8(15)5-14)13-6-12-10/h2-6,10-11H,1H2,(H,12,13). The predicted molar refractivity (Wildman–Crippen MR) is 63.6 cm³/mol. The van der Waals surface area contributed by atoms with Gasteiger partial charge in [-0.1, -0.05) is 12.6 Å². The van der Waals surface area contributed by atoms with Crippen LogP contribution in [0.15, 0.2) is 29.1 Å². The number of Topliss-reactive ketones (excluding diaryl/α,β-unsaturated/α-hetero) is 1. The third-order valence-electron chi connectivity index (χ3n) is 2.42. The van der Waals surface area contributed by atoms with Gasteiger partial charge in [0.1, 0.15) is 12.1 Å². The zero-order chi connectivity index (χ0) is 11.5. The van der Waals surface area contributed by atoms with E-state index in [-0.39, 0.29) is 6.04 Å². The van der Waals surface area contributed by atoms with Crippen molar-refractivity contribution in [1.29, 1.82) is 0 Å². The second kappa shape index (κ2) is 4.40. The van der Waals surface area contributed by atoms with Gasteiger partial charge < -0.3 is 5.32 Å². The third-order valence-corrected chi connectivity index (χ3v) is 3.37. The van der Waals surface area contributed by atoms with Gasteiger partial charge in [0.25, 0.3) is 0 Å². The van der Waals surface area contributed by atoms with Crippen molar-refractivity contribution in [3.8, 4) is 0 Å². The molecule has 1 aromatic rings. The number of carbonyl (C=O) groups is 2. The van der Waals surface area contributed by atoms with E-state index in [4.69, 9.17) is 0 Å². The Kier molecular flexibility index (Phi) is 2.96. The van der Waals surface area contributed by atoms with Gasteiger partial charge in [0.05, 0.1) is 6.34 Å². The largest absolute Gasteiger partial charge is 0.364 e. The molecule has 0 amide bonds. The van der Waals surface area contributed by atoms with Gasteiger partial charge in [0, 0.05) is 4.88 Å². The number of aliphatic imine (C=N–C) groups is 1. The van der Waals surface area contributed by atoms with Crippen LogP contribution in [-0.4, -0.2) is 30.5 Å². The molecule has 82 valence electrons. The summed E-state index contributed by atoms with van der Waals surface area (Å²) in [6.45, 7) is 3.93. The molecule has 2 unspecified atom stereocenters. The number of ketones is 1. The zero-order valence-electron chi connectivity index (χ0n) is 8.42. The van der Waals surface area contributed by atoms with Gasteiger partial charge in [-0.15, -0.1) is 11.3 Å². The van der Waals surface area contributed by atoms with Crippen molar-refractivity contribution < 1.29 is 9.59 Å². The average Bonchev–Trinajstić information content (AvgIpc) is 2.97. The molecule has 5 heteroatoms. The molecule has 1 aromatic heterocycles. The molecule has 2 heterocycles. The summed E-state index contributed by atoms with van der Waals surface area (Å²) in [5.74, 6) is -0.500. The highest BCUT2D eigenvalue weighted by molar-refractivity contribution is 7.11. The lowest BCUT2D eigenvalue weighted by molar-refractivity contribution is -0.130. The van der Waals surface area contributed by atoms with Crippen LogP contribution in [0.4, 0.5) is 0 Å². The van der Waals surface area contributed by atoms with Crippen molar-refractivity contribution >= 4 is 35.3 Å². The molecular weight excluding hydrogens is 224 g/mol. The van der Waals surface area contributed by atoms with Gasteiger partial charge >= 0.3 is 0 Å². The maximum Gasteiger partial charge on any atom is 0.219 e. The summed E-state index contributed by atoms with van der Waals surface area (Å²) in [5, 5.41) is 4.71. The fraction of sp³-hybridized carbons (Fsp3) is 0.182. The maximum atomic E-state index is 11.4. The lowest BCUT2D eigenvalue weighted by Crippen LogP contribution is -2.40. The summed E-state index contributed by atoms with van der Waals surface area (Å²) < 4.78 is 0. The van der Waals surface area contributed by atoms with E-state index in [2.05, 4.69) is 16.9 Å². The topological polar surface area (TPSA) is 58.5 Å². The van der Waals surface area contributed by atoms with Crippen LogP contribution in [0, 0.1) is 0 Å². The van der Waals surface area contributed by atoms with Crippen molar-refractivity contribution in [3.63, 3.8) is 0 Å². The van der Waals surface area contributed by atoms with Gasteiger partial charge in [-0.2, -0.15) is 0 Å². The molecule has 4 nitrogen and oxygen atoms in total. The predicted octanol–water partition coefficient (Wildman–Crippen LogP) is 0.898. The van der Waals surface area contributed by atoms with Crippen LogP contribution in [0.2, 0.25) is 0 Å². The fourth-order valence-electron chi connectivity index (χ4n) is 1.59. The first-order chi connectivity index (χ1) is 7.74. The Bertz CT molecular complexity index is 451. The molecule has 0 saturated carbocycles. The van der Waals surface area contributed by atoms with E-state index in [1.807, 2.05) is 17.5 Å². The lowest BCUT2D eigenvalue weighted by Gasteiger charge is -2.16. The monoisotopic (exact) mass is 234 g/mol. The van der Waals surface area contributed by atoms with Crippen molar-refractivity contribution in [2.45, 2.75) is 12.1 Å². The van der Waals surface area contributed by atoms with Gasteiger partial charge in [-0.05, 0) is 17.0 Å². The highest BCUT2D eigenvalue weighted by Gasteiger charge is 2.32. The van der Waals surface area contributed by atoms with Crippen LogP contribution in [0.5, 0.6) is 0 Å². The van der Waals surface area contributed by atoms with E-state index in [1.54, 1.807) is 0 Å². The van der Waals surface area contributed by atoms with E-state index in [0.717, 1.165) is 10.5 Å². The number of hydrogen-bond acceptors (Lipinski definition) is 5. The van der Waals surface area contributed by atoms with Crippen LogP contribution in [0.3, 0.4) is 0 Å². The Hall–Kier alpha value is -1.75. The van der Waals surface area contributed by atoms with Gasteiger partial charge in [-0.25, -0.2) is 0 Å². The highest BCUT2D eigenvalue weighted by atomic mass is 32.1. The van der Waals surface area contributed by atoms with Crippen LogP contribution in [-0.2, 0) is 9.59 Å². The van der Waals surface area contributed by atoms with Crippen LogP contribution >= 0.6 is 11.3 Å². The lowest BCUT2D eigenvalue weighted by atomic mass is 9.98. The maximum absolute atomic E-state index is 11.4. The number of nitrogens with one attached hydrogen (secondary N) is 1. The smallest absolute Gasteiger partial charge is 0.219 e. The first-order valence-electron chi connectivity index (χ1n) is 4.73. The van der Waals surface area contributed by atoms with Crippen molar-refractivity contribution in [3.05, 3.63) is 29.0 Å². The Labute approximate surface area is 96.7 Å². The molecule has 0 aromatic carbocycles. The number of hydrogen-bond donors (Lipinski definition) is 1. The first kappa shape index (κ1) is 10.8. The summed E-state index contributed by atoms with van der Waals surface area (Å²) >= 11 is 1.54. The normalized spacial score (nSPS) is 22.8. The van der Waals surface area contributed by atoms with E-state index in [0.29, 0.717) is 6.29 Å². The minimum absolute atomic E-state index is 0.320. The van der Waals surface area contributed by atoms with Crippen molar-refractivity contribution in [2.24, 2.45) is 4.99 Å². The van der Waals surface area contributed by atoms with Gasteiger partial charge in [-0.3, -0.25) is 14.6 Å². The SMILES string of the molecule is C=C(c1cccs1)C1N=CNC1C(=O)C=O. The number of nitrogens with zero attached hydrogens (tertiary/aromatic N) is 1. The highest BCUT2D eigenvalue weighted by Crippen LogP contribution is 2.26. The minimum Gasteiger partial charge on any atom is -0.364 e. The number of rotatable bonds is 4. The average molecular weight is 234 g/mol. The van der Waals surface area contributed by atoms with E-state index in [9.17, 15) is 9.59 Å². The molecule has 0 spiro atoms. The number of thiophene rings is 1. The van der Waals surface area contributed by atoms with Gasteiger partial charge in [0.15, 0.2) is 6.29 Å². The molecule has 0 bridgehead atoms. The van der Waals surface area contributed by atoms with Crippen LogP contribution < -0.4 is 5.32 Å². The van der Waals surface area contributed by atoms with E-state index >= 15 is 0 Å². The molecular formula is C11H10N2O2S. The van der Waals surface area contributed by atoms with Crippen molar-refractivity contribution in [2.75, 3.05) is 0 Å². The minimum atomic E-state index is -0.605. The van der Waals surface area contributed by atoms with Crippen LogP contribution in [0.1, 0.15) is 4.88 Å². The summed E-state index contributed by atoms with van der Waals surface area (Å²) in [5.41, 5.74) is 0.761. The third kappa shape index (κ3) is 1.81. The molecule has 2 atom stereocenters. The number of aldehydes is 1. The Morgan fingerprint density at radius 1 is 1.62 bits per heavy atom. The number of carbonyl (C=O) groups excluding carboxylic acids is 2. The molecule has 0 fully saturated rings.